The van der Waals surface area contributed by atoms with E-state index in [1.54, 1.807) is 0 Å². The van der Waals surface area contributed by atoms with Gasteiger partial charge in [-0.3, -0.25) is 9.05 Å². The average molecular weight is 826 g/mol. The lowest BCUT2D eigenvalue weighted by molar-refractivity contribution is -0.375. The maximum atomic E-state index is 11.7. The van der Waals surface area contributed by atoms with E-state index in [9.17, 15) is 75.1 Å². The first-order valence-corrected chi connectivity index (χ1v) is 18.7. The van der Waals surface area contributed by atoms with Crippen molar-refractivity contribution in [2.75, 3.05) is 26.4 Å². The molecule has 0 saturated carbocycles. The van der Waals surface area contributed by atoms with Crippen LogP contribution in [0.5, 0.6) is 0 Å². The number of hydrogen-bond acceptors (Lipinski definition) is 23. The lowest BCUT2D eigenvalue weighted by Crippen LogP contribution is -2.66. The zero-order chi connectivity index (χ0) is 39.7. The van der Waals surface area contributed by atoms with Crippen molar-refractivity contribution in [2.24, 2.45) is 5.73 Å². The molecule has 0 aromatic carbocycles. The molecule has 4 aliphatic heterocycles. The Morgan fingerprint density at radius 1 is 0.509 bits per heavy atom. The second kappa shape index (κ2) is 18.4. The van der Waals surface area contributed by atoms with Crippen LogP contribution in [-0.2, 0) is 51.3 Å². The van der Waals surface area contributed by atoms with Gasteiger partial charge in [-0.25, -0.2) is 9.13 Å². The summed E-state index contributed by atoms with van der Waals surface area (Å²) in [5, 5.41) is 114. The van der Waals surface area contributed by atoms with Gasteiger partial charge in [-0.15, -0.1) is 0 Å². The molecule has 17 N–H and O–H groups in total. The van der Waals surface area contributed by atoms with E-state index in [1.165, 1.54) is 0 Å². The molecule has 0 aromatic heterocycles. The van der Waals surface area contributed by atoms with Gasteiger partial charge >= 0.3 is 15.6 Å². The predicted octanol–water partition coefficient (Wildman–Crippen LogP) is -9.55. The van der Waals surface area contributed by atoms with Gasteiger partial charge in [-0.1, -0.05) is 0 Å². The van der Waals surface area contributed by atoms with Gasteiger partial charge in [0, 0.05) is 0 Å². The summed E-state index contributed by atoms with van der Waals surface area (Å²) in [6.45, 7) is -3.83. The van der Waals surface area contributed by atoms with E-state index in [1.807, 2.05) is 0 Å². The lowest BCUT2D eigenvalue weighted by Gasteiger charge is -2.47. The first kappa shape index (κ1) is 45.2. The lowest BCUT2D eigenvalue weighted by atomic mass is 9.96. The van der Waals surface area contributed by atoms with E-state index in [-0.39, 0.29) is 0 Å². The number of aliphatic hydroxyl groups excluding tert-OH is 11. The van der Waals surface area contributed by atoms with Gasteiger partial charge in [0.15, 0.2) is 25.2 Å². The zero-order valence-corrected chi connectivity index (χ0v) is 28.8. The van der Waals surface area contributed by atoms with Crippen LogP contribution in [0.3, 0.4) is 0 Å². The molecule has 0 bridgehead atoms. The number of ether oxygens (including phenoxy) is 7. The van der Waals surface area contributed by atoms with Crippen molar-refractivity contribution in [3.05, 3.63) is 0 Å². The molecular formula is C24H45NO26P2. The van der Waals surface area contributed by atoms with Crippen LogP contribution in [0, 0.1) is 0 Å². The summed E-state index contributed by atoms with van der Waals surface area (Å²) in [6.07, 6.45) is -37.0. The SMILES string of the molecule is N[C@H]1C(O)O[C@H](CO)[C@@H](O[C@H]2O[C@H](CO[C@H]3O[C@H](CO)[C@@H](O)[C@H](O)[C@@H]3O[C@H]3O[C@H](COP(=O)(O)O)[C@@H](O)[C@H](O)[C@@H]3O)[C@@H](O)[C@H](O)[C@@H]2OP(=O)(O)O)[C@@H]1O. The van der Waals surface area contributed by atoms with E-state index in [2.05, 4.69) is 9.05 Å². The number of nitrogens with two attached hydrogens (primary N) is 1. The number of hydrogen-bond donors (Lipinski definition) is 16. The van der Waals surface area contributed by atoms with Crippen molar-refractivity contribution >= 4 is 15.6 Å². The molecule has 0 spiro atoms. The summed E-state index contributed by atoms with van der Waals surface area (Å²) < 4.78 is 69.9. The number of aliphatic hydroxyl groups is 11. The molecule has 20 atom stereocenters. The smallest absolute Gasteiger partial charge is 0.394 e. The standard InChI is InChI=1S/C24H45NO26P2/c25-9-13(31)18(6(2-27)45-21(9)36)49-24-20(51-53(40,41)42)16(34)12(30)7(48-24)3-43-23-19(15(33)10(28)5(1-26)46-23)50-22-17(35)14(32)11(29)8(47-22)4-44-52(37,38)39/h5-24,26-36H,1-4,25H2,(H2,37,38,39)(H2,40,41,42)/t5-,6-,7-,8-,9-,10-,11-,12-,13-,14+,15+,16+,17+,18-,19+,20+,21?,22-,23+,24-/m1/s1. The van der Waals surface area contributed by atoms with Crippen LogP contribution in [0.2, 0.25) is 0 Å². The Bertz CT molecular complexity index is 1260. The van der Waals surface area contributed by atoms with Crippen LogP contribution in [0.15, 0.2) is 0 Å². The minimum absolute atomic E-state index is 0.909. The van der Waals surface area contributed by atoms with Crippen molar-refractivity contribution in [1.29, 1.82) is 0 Å². The quantitative estimate of drug-likeness (QED) is 0.0723. The van der Waals surface area contributed by atoms with Crippen LogP contribution in [0.25, 0.3) is 0 Å². The molecular weight excluding hydrogens is 780 g/mol. The zero-order valence-electron chi connectivity index (χ0n) is 27.0. The van der Waals surface area contributed by atoms with Crippen molar-refractivity contribution < 1.29 is 127 Å². The van der Waals surface area contributed by atoms with E-state index in [0.717, 1.165) is 0 Å². The second-order valence-electron chi connectivity index (χ2n) is 12.4. The molecule has 29 heteroatoms. The first-order chi connectivity index (χ1) is 24.6. The van der Waals surface area contributed by atoms with Crippen molar-refractivity contribution in [2.45, 2.75) is 123 Å². The largest absolute Gasteiger partial charge is 0.470 e. The van der Waals surface area contributed by atoms with Crippen molar-refractivity contribution in [3.8, 4) is 0 Å². The fraction of sp³-hybridized carbons (Fsp3) is 1.00. The van der Waals surface area contributed by atoms with Gasteiger partial charge in [0.05, 0.1) is 32.5 Å². The minimum Gasteiger partial charge on any atom is -0.394 e. The van der Waals surface area contributed by atoms with E-state index in [4.69, 9.17) is 48.7 Å². The molecule has 0 radical (unpaired) electrons. The summed E-state index contributed by atoms with van der Waals surface area (Å²) >= 11 is 0. The second-order valence-corrected chi connectivity index (χ2v) is 14.9. The maximum absolute atomic E-state index is 11.7. The number of rotatable bonds is 14. The van der Waals surface area contributed by atoms with Crippen LogP contribution in [-0.4, -0.2) is 225 Å². The molecule has 4 aliphatic rings. The molecule has 27 nitrogen and oxygen atoms in total. The fourth-order valence-corrected chi connectivity index (χ4v) is 6.75. The Hall–Kier alpha value is -0.540. The molecule has 0 aromatic rings. The average Bonchev–Trinajstić information content (AvgIpc) is 3.08. The molecule has 4 rings (SSSR count). The Kier molecular flexibility index (Phi) is 15.7. The van der Waals surface area contributed by atoms with Crippen LogP contribution >= 0.6 is 15.6 Å². The van der Waals surface area contributed by atoms with Gasteiger partial charge < -0.3 is 115 Å². The monoisotopic (exact) mass is 825 g/mol. The van der Waals surface area contributed by atoms with Crippen molar-refractivity contribution in [1.82, 2.24) is 0 Å². The third kappa shape index (κ3) is 10.9. The first-order valence-electron chi connectivity index (χ1n) is 15.7. The highest BCUT2D eigenvalue weighted by Gasteiger charge is 2.54. The van der Waals surface area contributed by atoms with Gasteiger partial charge in [0.1, 0.15) is 91.6 Å². The van der Waals surface area contributed by atoms with E-state index >= 15 is 0 Å². The van der Waals surface area contributed by atoms with Gasteiger partial charge in [0.25, 0.3) is 0 Å². The Morgan fingerprint density at radius 3 is 1.60 bits per heavy atom. The summed E-state index contributed by atoms with van der Waals surface area (Å²) in [6, 6.07) is -1.55. The van der Waals surface area contributed by atoms with Crippen molar-refractivity contribution in [3.63, 3.8) is 0 Å². The topological polar surface area (TPSA) is 447 Å². The Balaban J connectivity index is 1.55. The fourth-order valence-electron chi connectivity index (χ4n) is 5.87. The van der Waals surface area contributed by atoms with Crippen LogP contribution in [0.1, 0.15) is 0 Å². The predicted molar refractivity (Wildman–Crippen MR) is 158 cm³/mol. The number of phosphoric ester groups is 2. The minimum atomic E-state index is -5.48. The highest BCUT2D eigenvalue weighted by atomic mass is 31.2. The molecule has 312 valence electrons. The summed E-state index contributed by atoms with van der Waals surface area (Å²) in [5.41, 5.74) is 5.70. The highest BCUT2D eigenvalue weighted by Crippen LogP contribution is 2.43. The molecule has 1 unspecified atom stereocenters. The van der Waals surface area contributed by atoms with Gasteiger partial charge in [0.2, 0.25) is 0 Å². The van der Waals surface area contributed by atoms with E-state index in [0.29, 0.717) is 0 Å². The normalized spacial score (nSPS) is 47.4. The number of phosphoric acid groups is 2. The summed E-state index contributed by atoms with van der Waals surface area (Å²) in [4.78, 5) is 36.9. The Morgan fingerprint density at radius 2 is 1.02 bits per heavy atom. The summed E-state index contributed by atoms with van der Waals surface area (Å²) in [7, 11) is -10.6. The van der Waals surface area contributed by atoms with Gasteiger partial charge in [-0.2, -0.15) is 0 Å². The van der Waals surface area contributed by atoms with Gasteiger partial charge in [-0.05, 0) is 0 Å². The highest BCUT2D eigenvalue weighted by molar-refractivity contribution is 7.46. The molecule has 4 fully saturated rings. The molecule has 0 amide bonds. The molecule has 53 heavy (non-hydrogen) atoms. The molecule has 4 saturated heterocycles. The maximum Gasteiger partial charge on any atom is 0.470 e. The van der Waals surface area contributed by atoms with Crippen LogP contribution in [0.4, 0.5) is 0 Å². The third-order valence-electron chi connectivity index (χ3n) is 8.73. The molecule has 4 heterocycles. The van der Waals surface area contributed by atoms with Crippen LogP contribution < -0.4 is 5.73 Å². The van der Waals surface area contributed by atoms with E-state index < -0.39 is 165 Å². The third-order valence-corrected chi connectivity index (χ3v) is 9.74. The Labute approximate surface area is 297 Å². The molecule has 0 aliphatic carbocycles. The summed E-state index contributed by atoms with van der Waals surface area (Å²) in [5.74, 6) is 0.